The van der Waals surface area contributed by atoms with Crippen molar-refractivity contribution in [3.05, 3.63) is 0 Å². The zero-order valence-electron chi connectivity index (χ0n) is 13.4. The molecule has 0 aromatic heterocycles. The lowest BCUT2D eigenvalue weighted by atomic mass is 10.0. The van der Waals surface area contributed by atoms with Gasteiger partial charge >= 0.3 is 0 Å². The van der Waals surface area contributed by atoms with Crippen molar-refractivity contribution in [1.82, 2.24) is 0 Å². The van der Waals surface area contributed by atoms with E-state index >= 15 is 0 Å². The van der Waals surface area contributed by atoms with Gasteiger partial charge in [-0.1, -0.05) is 70.6 Å². The number of hydrogen-bond donors (Lipinski definition) is 0. The highest BCUT2D eigenvalue weighted by atomic mass is 32.2. The molecule has 0 spiro atoms. The van der Waals surface area contributed by atoms with Crippen LogP contribution in [0.5, 0.6) is 0 Å². The molecule has 1 aliphatic carbocycles. The normalized spacial score (nSPS) is 27.6. The van der Waals surface area contributed by atoms with Gasteiger partial charge in [-0.3, -0.25) is 4.79 Å². The first-order valence-electron chi connectivity index (χ1n) is 7.88. The van der Waals surface area contributed by atoms with Crippen molar-refractivity contribution in [1.29, 1.82) is 0 Å². The summed E-state index contributed by atoms with van der Waals surface area (Å²) in [6.45, 7) is 6.24. The Kier molecular flexibility index (Phi) is 7.82. The van der Waals surface area contributed by atoms with Crippen LogP contribution in [0.15, 0.2) is 4.99 Å². The largest absolute Gasteiger partial charge is 0.358 e. The first-order valence-corrected chi connectivity index (χ1v) is 8.69. The van der Waals surface area contributed by atoms with Gasteiger partial charge in [-0.25, -0.2) is 4.99 Å². The van der Waals surface area contributed by atoms with E-state index in [9.17, 15) is 4.79 Å². The maximum Gasteiger partial charge on any atom is 0.289 e. The number of carbonyl (C=O) groups is 1. The number of nitrogens with zero attached hydrogens (tertiary/aromatic N) is 1. The molecule has 1 saturated carbocycles. The van der Waals surface area contributed by atoms with Crippen LogP contribution in [0.25, 0.3) is 0 Å². The molecule has 1 amide bonds. The summed E-state index contributed by atoms with van der Waals surface area (Å²) in [5, 5.41) is 0.801. The zero-order chi connectivity index (χ0) is 15.0. The molecule has 1 atom stereocenters. The van der Waals surface area contributed by atoms with E-state index in [1.165, 1.54) is 50.3 Å². The van der Waals surface area contributed by atoms with Gasteiger partial charge in [0.25, 0.3) is 5.91 Å². The molecule has 2 rings (SSSR count). The predicted octanol–water partition coefficient (Wildman–Crippen LogP) is 4.80. The molecule has 20 heavy (non-hydrogen) atoms. The molecule has 0 saturated heterocycles. The molecule has 0 aromatic carbocycles. The van der Waals surface area contributed by atoms with Crippen LogP contribution >= 0.6 is 11.8 Å². The van der Waals surface area contributed by atoms with Gasteiger partial charge in [0.15, 0.2) is 4.93 Å². The Hall–Kier alpha value is -0.350. The predicted molar refractivity (Wildman–Crippen MR) is 87.2 cm³/mol. The Balaban J connectivity index is 0.000000217. The average Bonchev–Trinajstić information content (AvgIpc) is 2.58. The smallest absolute Gasteiger partial charge is 0.289 e. The summed E-state index contributed by atoms with van der Waals surface area (Å²) >= 11 is 1.42. The fourth-order valence-corrected chi connectivity index (χ4v) is 3.86. The second kappa shape index (κ2) is 8.83. The first-order chi connectivity index (χ1) is 9.54. The van der Waals surface area contributed by atoms with E-state index in [4.69, 9.17) is 4.74 Å². The van der Waals surface area contributed by atoms with E-state index in [1.807, 2.05) is 13.8 Å². The summed E-state index contributed by atoms with van der Waals surface area (Å²) in [6.07, 6.45) is 10.6. The van der Waals surface area contributed by atoms with Crippen LogP contribution in [0.1, 0.15) is 72.1 Å². The van der Waals surface area contributed by atoms with Gasteiger partial charge in [-0.05, 0) is 19.3 Å². The monoisotopic (exact) mass is 299 g/mol. The molecule has 2 aliphatic rings. The second-order valence-corrected chi connectivity index (χ2v) is 7.30. The van der Waals surface area contributed by atoms with Crippen LogP contribution in [0.3, 0.4) is 0 Å². The number of ether oxygens (including phenoxy) is 1. The molecule has 1 unspecified atom stereocenters. The first kappa shape index (κ1) is 17.7. The summed E-state index contributed by atoms with van der Waals surface area (Å²) in [4.78, 5) is 14.5. The summed E-state index contributed by atoms with van der Waals surface area (Å²) in [6, 6.07) is 0. The van der Waals surface area contributed by atoms with Gasteiger partial charge in [-0.15, -0.1) is 0 Å². The van der Waals surface area contributed by atoms with Gasteiger partial charge in [0.05, 0.1) is 5.04 Å². The maximum atomic E-state index is 11.4. The molecular formula is C16H29NO2S. The molecule has 116 valence electrons. The standard InChI is InChI=1S/C8H13NO2S.C8H16/c1-4-5-8(11-3)7(10)9-6(2)12-8;1-8-6-4-2-3-5-7-8/h4-5H2,1-3H3;8H,2-7H2,1H3. The van der Waals surface area contributed by atoms with Gasteiger partial charge in [0.1, 0.15) is 0 Å². The Morgan fingerprint density at radius 2 is 1.90 bits per heavy atom. The lowest BCUT2D eigenvalue weighted by Crippen LogP contribution is -2.33. The molecule has 1 heterocycles. The number of amides is 1. The Labute approximate surface area is 128 Å². The van der Waals surface area contributed by atoms with Crippen LogP contribution in [-0.4, -0.2) is 23.0 Å². The Bertz CT molecular complexity index is 335. The van der Waals surface area contributed by atoms with E-state index in [-0.39, 0.29) is 5.91 Å². The molecule has 1 fully saturated rings. The van der Waals surface area contributed by atoms with Crippen molar-refractivity contribution >= 4 is 22.7 Å². The van der Waals surface area contributed by atoms with Crippen LogP contribution in [0.4, 0.5) is 0 Å². The van der Waals surface area contributed by atoms with E-state index < -0.39 is 4.93 Å². The van der Waals surface area contributed by atoms with Crippen molar-refractivity contribution in [3.8, 4) is 0 Å². The lowest BCUT2D eigenvalue weighted by Gasteiger charge is -2.22. The Morgan fingerprint density at radius 3 is 2.30 bits per heavy atom. The quantitative estimate of drug-likeness (QED) is 0.703. The van der Waals surface area contributed by atoms with Gasteiger partial charge in [0.2, 0.25) is 0 Å². The maximum absolute atomic E-state index is 11.4. The van der Waals surface area contributed by atoms with E-state index in [1.54, 1.807) is 7.11 Å². The highest BCUT2D eigenvalue weighted by molar-refractivity contribution is 8.16. The van der Waals surface area contributed by atoms with E-state index in [2.05, 4.69) is 11.9 Å². The van der Waals surface area contributed by atoms with Crippen LogP contribution in [-0.2, 0) is 9.53 Å². The number of hydrogen-bond acceptors (Lipinski definition) is 3. The average molecular weight is 299 g/mol. The summed E-state index contributed by atoms with van der Waals surface area (Å²) in [7, 11) is 1.56. The molecule has 4 heteroatoms. The summed E-state index contributed by atoms with van der Waals surface area (Å²) in [5.74, 6) is 0.881. The molecular weight excluding hydrogens is 270 g/mol. The molecule has 0 bridgehead atoms. The molecule has 1 aliphatic heterocycles. The van der Waals surface area contributed by atoms with E-state index in [0.29, 0.717) is 0 Å². The van der Waals surface area contributed by atoms with Crippen molar-refractivity contribution in [3.63, 3.8) is 0 Å². The highest BCUT2D eigenvalue weighted by Crippen LogP contribution is 2.38. The van der Waals surface area contributed by atoms with Crippen molar-refractivity contribution < 1.29 is 9.53 Å². The minimum atomic E-state index is -0.709. The van der Waals surface area contributed by atoms with Gasteiger partial charge in [-0.2, -0.15) is 0 Å². The van der Waals surface area contributed by atoms with Gasteiger partial charge < -0.3 is 4.74 Å². The highest BCUT2D eigenvalue weighted by Gasteiger charge is 2.43. The molecule has 0 radical (unpaired) electrons. The van der Waals surface area contributed by atoms with Crippen LogP contribution in [0, 0.1) is 5.92 Å². The third kappa shape index (κ3) is 5.21. The molecule has 3 nitrogen and oxygen atoms in total. The van der Waals surface area contributed by atoms with Gasteiger partial charge in [0, 0.05) is 7.11 Å². The van der Waals surface area contributed by atoms with Crippen molar-refractivity contribution in [2.75, 3.05) is 7.11 Å². The fourth-order valence-electron chi connectivity index (χ4n) is 2.73. The zero-order valence-corrected chi connectivity index (χ0v) is 14.2. The third-order valence-electron chi connectivity index (χ3n) is 3.95. The lowest BCUT2D eigenvalue weighted by molar-refractivity contribution is -0.130. The number of rotatable bonds is 3. The second-order valence-electron chi connectivity index (χ2n) is 5.84. The third-order valence-corrected chi connectivity index (χ3v) is 5.21. The minimum Gasteiger partial charge on any atom is -0.358 e. The SMILES string of the molecule is CC1CCCCCC1.CCCC1(OC)SC(C)=NC1=O. The minimum absolute atomic E-state index is 0.144. The molecule has 0 N–H and O–H groups in total. The van der Waals surface area contributed by atoms with Crippen molar-refractivity contribution in [2.24, 2.45) is 10.9 Å². The van der Waals surface area contributed by atoms with Crippen LogP contribution < -0.4 is 0 Å². The summed E-state index contributed by atoms with van der Waals surface area (Å²) < 4.78 is 5.22. The number of aliphatic imine (C=N–C) groups is 1. The van der Waals surface area contributed by atoms with E-state index in [0.717, 1.165) is 23.8 Å². The summed E-state index contributed by atoms with van der Waals surface area (Å²) in [5.41, 5.74) is 0. The molecule has 0 aromatic rings. The van der Waals surface area contributed by atoms with Crippen LogP contribution in [0.2, 0.25) is 0 Å². The topological polar surface area (TPSA) is 38.7 Å². The number of carbonyl (C=O) groups excluding carboxylic acids is 1. The Morgan fingerprint density at radius 1 is 1.30 bits per heavy atom. The fraction of sp³-hybridized carbons (Fsp3) is 0.875. The number of thioether (sulfide) groups is 1. The number of methoxy groups -OCH3 is 1. The van der Waals surface area contributed by atoms with Crippen molar-refractivity contribution in [2.45, 2.75) is 77.1 Å².